The van der Waals surface area contributed by atoms with Gasteiger partial charge in [-0.15, -0.1) is 0 Å². The first kappa shape index (κ1) is 16.1. The summed E-state index contributed by atoms with van der Waals surface area (Å²) >= 11 is 0. The zero-order valence-electron chi connectivity index (χ0n) is 13.8. The van der Waals surface area contributed by atoms with Crippen LogP contribution in [0.2, 0.25) is 0 Å². The van der Waals surface area contributed by atoms with Crippen LogP contribution in [0.4, 0.5) is 10.1 Å². The van der Waals surface area contributed by atoms with Crippen LogP contribution in [0.3, 0.4) is 0 Å². The molecule has 1 amide bonds. The van der Waals surface area contributed by atoms with Crippen LogP contribution >= 0.6 is 0 Å². The number of amides is 1. The predicted octanol–water partition coefficient (Wildman–Crippen LogP) is 4.32. The summed E-state index contributed by atoms with van der Waals surface area (Å²) in [5.74, 6) is -0.931. The molecule has 0 saturated heterocycles. The molecule has 0 radical (unpaired) electrons. The van der Waals surface area contributed by atoms with Crippen LogP contribution in [-0.4, -0.2) is 15.9 Å². The van der Waals surface area contributed by atoms with Crippen LogP contribution in [-0.2, 0) is 5.41 Å². The highest BCUT2D eigenvalue weighted by Gasteiger charge is 2.16. The summed E-state index contributed by atoms with van der Waals surface area (Å²) in [4.78, 5) is 20.7. The normalized spacial score (nSPS) is 11.5. The third kappa shape index (κ3) is 3.25. The van der Waals surface area contributed by atoms with E-state index in [0.29, 0.717) is 16.7 Å². The van der Waals surface area contributed by atoms with Crippen molar-refractivity contribution in [3.8, 4) is 0 Å². The van der Waals surface area contributed by atoms with Crippen LogP contribution in [0.15, 0.2) is 48.8 Å². The monoisotopic (exact) mass is 323 g/mol. The number of anilines is 1. The number of fused-ring (bicyclic) bond motifs is 1. The zero-order valence-corrected chi connectivity index (χ0v) is 13.8. The van der Waals surface area contributed by atoms with E-state index >= 15 is 0 Å². The smallest absolute Gasteiger partial charge is 0.258 e. The molecule has 0 bridgehead atoms. The van der Waals surface area contributed by atoms with Gasteiger partial charge in [-0.2, -0.15) is 0 Å². The van der Waals surface area contributed by atoms with Gasteiger partial charge < -0.3 is 5.32 Å². The molecule has 0 fully saturated rings. The Balaban J connectivity index is 1.91. The zero-order chi connectivity index (χ0) is 17.3. The van der Waals surface area contributed by atoms with Crippen molar-refractivity contribution < 1.29 is 9.18 Å². The molecule has 1 heterocycles. The maximum atomic E-state index is 13.7. The van der Waals surface area contributed by atoms with E-state index in [9.17, 15) is 9.18 Å². The Hall–Kier alpha value is -2.82. The fourth-order valence-corrected chi connectivity index (χ4v) is 2.47. The molecule has 0 unspecified atom stereocenters. The van der Waals surface area contributed by atoms with Crippen molar-refractivity contribution in [1.82, 2.24) is 9.97 Å². The van der Waals surface area contributed by atoms with Crippen LogP contribution in [0, 0.1) is 5.82 Å². The standard InChI is InChI=1S/C19H18FN3O/c1-19(2,3)12-4-6-14(7-5-12)23-18(24)15-10-13(20)11-16-17(15)22-9-8-21-16/h4-11H,1-3H3,(H,23,24). The summed E-state index contributed by atoms with van der Waals surface area (Å²) in [6.45, 7) is 6.37. The highest BCUT2D eigenvalue weighted by atomic mass is 19.1. The van der Waals surface area contributed by atoms with Gasteiger partial charge in [0.2, 0.25) is 0 Å². The molecular formula is C19H18FN3O. The van der Waals surface area contributed by atoms with E-state index in [-0.39, 0.29) is 11.0 Å². The van der Waals surface area contributed by atoms with E-state index in [0.717, 1.165) is 0 Å². The lowest BCUT2D eigenvalue weighted by molar-refractivity contribution is 0.102. The van der Waals surface area contributed by atoms with Crippen molar-refractivity contribution in [3.05, 3.63) is 65.7 Å². The number of nitrogens with zero attached hydrogens (tertiary/aromatic N) is 2. The first-order valence-electron chi connectivity index (χ1n) is 7.67. The molecule has 3 aromatic rings. The molecule has 0 saturated carbocycles. The third-order valence-corrected chi connectivity index (χ3v) is 3.79. The predicted molar refractivity (Wildman–Crippen MR) is 92.6 cm³/mol. The SMILES string of the molecule is CC(C)(C)c1ccc(NC(=O)c2cc(F)cc3nccnc23)cc1. The lowest BCUT2D eigenvalue weighted by Crippen LogP contribution is -2.14. The lowest BCUT2D eigenvalue weighted by Gasteiger charge is -2.19. The Bertz CT molecular complexity index is 899. The van der Waals surface area contributed by atoms with Gasteiger partial charge >= 0.3 is 0 Å². The second kappa shape index (κ2) is 6.00. The minimum Gasteiger partial charge on any atom is -0.322 e. The second-order valence-electron chi connectivity index (χ2n) is 6.66. The minimum absolute atomic E-state index is 0.0386. The molecule has 0 aliphatic heterocycles. The average Bonchev–Trinajstić information content (AvgIpc) is 2.53. The Morgan fingerprint density at radius 1 is 1.04 bits per heavy atom. The Labute approximate surface area is 139 Å². The summed E-state index contributed by atoms with van der Waals surface area (Å²) in [5.41, 5.74) is 2.75. The summed E-state index contributed by atoms with van der Waals surface area (Å²) in [5, 5.41) is 2.78. The number of nitrogens with one attached hydrogen (secondary N) is 1. The van der Waals surface area contributed by atoms with Gasteiger partial charge in [0.1, 0.15) is 11.3 Å². The van der Waals surface area contributed by atoms with Crippen molar-refractivity contribution >= 4 is 22.6 Å². The number of carbonyl (C=O) groups excluding carboxylic acids is 1. The molecule has 3 rings (SSSR count). The molecular weight excluding hydrogens is 305 g/mol. The number of rotatable bonds is 2. The minimum atomic E-state index is -0.517. The maximum Gasteiger partial charge on any atom is 0.258 e. The molecule has 4 nitrogen and oxygen atoms in total. The van der Waals surface area contributed by atoms with Crippen molar-refractivity contribution in [2.45, 2.75) is 26.2 Å². The van der Waals surface area contributed by atoms with Crippen molar-refractivity contribution in [2.75, 3.05) is 5.32 Å². The second-order valence-corrected chi connectivity index (χ2v) is 6.66. The summed E-state index contributed by atoms with van der Waals surface area (Å²) in [7, 11) is 0. The Morgan fingerprint density at radius 2 is 1.71 bits per heavy atom. The van der Waals surface area contributed by atoms with Crippen molar-refractivity contribution in [2.24, 2.45) is 0 Å². The molecule has 1 N–H and O–H groups in total. The van der Waals surface area contributed by atoms with Gasteiger partial charge in [-0.05, 0) is 29.2 Å². The molecule has 5 heteroatoms. The van der Waals surface area contributed by atoms with Crippen molar-refractivity contribution in [1.29, 1.82) is 0 Å². The van der Waals surface area contributed by atoms with E-state index in [1.54, 1.807) is 0 Å². The molecule has 1 aromatic heterocycles. The van der Waals surface area contributed by atoms with Crippen LogP contribution in [0.25, 0.3) is 11.0 Å². The molecule has 0 spiro atoms. The van der Waals surface area contributed by atoms with Crippen LogP contribution < -0.4 is 5.32 Å². The summed E-state index contributed by atoms with van der Waals surface area (Å²) in [6, 6.07) is 10.1. The quantitative estimate of drug-likeness (QED) is 0.764. The summed E-state index contributed by atoms with van der Waals surface area (Å²) < 4.78 is 13.7. The van der Waals surface area contributed by atoms with Gasteiger partial charge in [0.05, 0.1) is 11.1 Å². The van der Waals surface area contributed by atoms with E-state index in [2.05, 4.69) is 36.1 Å². The molecule has 0 aliphatic carbocycles. The average molecular weight is 323 g/mol. The highest BCUT2D eigenvalue weighted by Crippen LogP contribution is 2.24. The van der Waals surface area contributed by atoms with Gasteiger partial charge in [-0.25, -0.2) is 4.39 Å². The van der Waals surface area contributed by atoms with E-state index in [1.165, 1.54) is 30.1 Å². The topological polar surface area (TPSA) is 54.9 Å². The largest absolute Gasteiger partial charge is 0.322 e. The number of hydrogen-bond donors (Lipinski definition) is 1. The summed E-state index contributed by atoms with van der Waals surface area (Å²) in [6.07, 6.45) is 2.95. The van der Waals surface area contributed by atoms with Gasteiger partial charge in [0.25, 0.3) is 5.91 Å². The van der Waals surface area contributed by atoms with Crippen LogP contribution in [0.5, 0.6) is 0 Å². The molecule has 122 valence electrons. The number of carbonyl (C=O) groups is 1. The first-order chi connectivity index (χ1) is 11.3. The number of aromatic nitrogens is 2. The molecule has 0 aliphatic rings. The lowest BCUT2D eigenvalue weighted by atomic mass is 9.87. The third-order valence-electron chi connectivity index (χ3n) is 3.79. The highest BCUT2D eigenvalue weighted by molar-refractivity contribution is 6.11. The van der Waals surface area contributed by atoms with Gasteiger partial charge in [0.15, 0.2) is 0 Å². The van der Waals surface area contributed by atoms with Gasteiger partial charge in [-0.3, -0.25) is 14.8 Å². The van der Waals surface area contributed by atoms with E-state index < -0.39 is 11.7 Å². The molecule has 24 heavy (non-hydrogen) atoms. The fourth-order valence-electron chi connectivity index (χ4n) is 2.47. The van der Waals surface area contributed by atoms with Crippen LogP contribution in [0.1, 0.15) is 36.7 Å². The number of benzene rings is 2. The van der Waals surface area contributed by atoms with Gasteiger partial charge in [0, 0.05) is 24.1 Å². The van der Waals surface area contributed by atoms with Gasteiger partial charge in [-0.1, -0.05) is 32.9 Å². The Morgan fingerprint density at radius 3 is 2.38 bits per heavy atom. The molecule has 2 aromatic carbocycles. The fraction of sp³-hybridized carbons (Fsp3) is 0.211. The Kier molecular flexibility index (Phi) is 4.01. The van der Waals surface area contributed by atoms with Crippen molar-refractivity contribution in [3.63, 3.8) is 0 Å². The molecule has 0 atom stereocenters. The number of hydrogen-bond acceptors (Lipinski definition) is 3. The number of halogens is 1. The van der Waals surface area contributed by atoms with E-state index in [4.69, 9.17) is 0 Å². The first-order valence-corrected chi connectivity index (χ1v) is 7.67. The maximum absolute atomic E-state index is 13.7. The van der Waals surface area contributed by atoms with E-state index in [1.807, 2.05) is 24.3 Å².